The number of aliphatic hydroxyl groups is 1. The van der Waals surface area contributed by atoms with Crippen LogP contribution in [0, 0.1) is 0 Å². The van der Waals surface area contributed by atoms with Crippen molar-refractivity contribution in [3.05, 3.63) is 18.2 Å². The Kier molecular flexibility index (Phi) is 3.48. The molecule has 0 spiro atoms. The van der Waals surface area contributed by atoms with E-state index in [0.717, 1.165) is 0 Å². The highest BCUT2D eigenvalue weighted by molar-refractivity contribution is 4.89. The van der Waals surface area contributed by atoms with E-state index >= 15 is 0 Å². The number of imidazole rings is 1. The third-order valence-electron chi connectivity index (χ3n) is 1.54. The Labute approximate surface area is 77.9 Å². The minimum absolute atomic E-state index is 0.00933. The standard InChI is InChI=1S/C7H9F3N2O2/c8-7(9,10)14-4-3-12-2-1-11-6(12)5-13/h1-2,13H,3-5H2. The van der Waals surface area contributed by atoms with E-state index in [2.05, 4.69) is 9.72 Å². The molecule has 0 saturated heterocycles. The molecule has 0 atom stereocenters. The maximum absolute atomic E-state index is 11.6. The summed E-state index contributed by atoms with van der Waals surface area (Å²) in [7, 11) is 0. The van der Waals surface area contributed by atoms with Gasteiger partial charge in [0.15, 0.2) is 0 Å². The average Bonchev–Trinajstić information content (AvgIpc) is 2.49. The van der Waals surface area contributed by atoms with Crippen LogP contribution < -0.4 is 0 Å². The molecule has 0 aromatic carbocycles. The fourth-order valence-corrected chi connectivity index (χ4v) is 0.955. The first-order valence-electron chi connectivity index (χ1n) is 3.84. The molecule has 1 heterocycles. The molecule has 0 unspecified atom stereocenters. The van der Waals surface area contributed by atoms with Gasteiger partial charge in [-0.25, -0.2) is 4.98 Å². The first-order valence-corrected chi connectivity index (χ1v) is 3.84. The Morgan fingerprint density at radius 1 is 1.50 bits per heavy atom. The molecule has 7 heteroatoms. The van der Waals surface area contributed by atoms with E-state index in [1.807, 2.05) is 0 Å². The van der Waals surface area contributed by atoms with Crippen LogP contribution in [0.5, 0.6) is 0 Å². The maximum Gasteiger partial charge on any atom is 0.522 e. The summed E-state index contributed by atoms with van der Waals surface area (Å²) in [5.74, 6) is 0.316. The zero-order valence-corrected chi connectivity index (χ0v) is 7.16. The molecule has 80 valence electrons. The third-order valence-corrected chi connectivity index (χ3v) is 1.54. The number of nitrogens with zero attached hydrogens (tertiary/aromatic N) is 2. The van der Waals surface area contributed by atoms with E-state index in [-0.39, 0.29) is 13.2 Å². The lowest BCUT2D eigenvalue weighted by atomic mass is 10.6. The van der Waals surface area contributed by atoms with Gasteiger partial charge in [0.05, 0.1) is 6.61 Å². The Morgan fingerprint density at radius 3 is 2.79 bits per heavy atom. The molecule has 4 nitrogen and oxygen atoms in total. The first kappa shape index (κ1) is 11.0. The van der Waals surface area contributed by atoms with Gasteiger partial charge in [-0.15, -0.1) is 13.2 Å². The molecular formula is C7H9F3N2O2. The number of alkyl halides is 3. The summed E-state index contributed by atoms with van der Waals surface area (Å²) in [4.78, 5) is 3.73. The van der Waals surface area contributed by atoms with Gasteiger partial charge in [0.1, 0.15) is 12.4 Å². The van der Waals surface area contributed by atoms with Crippen LogP contribution >= 0.6 is 0 Å². The molecule has 0 aliphatic rings. The lowest BCUT2D eigenvalue weighted by molar-refractivity contribution is -0.325. The van der Waals surface area contributed by atoms with Crippen LogP contribution in [-0.4, -0.2) is 27.6 Å². The molecule has 1 aromatic heterocycles. The zero-order valence-electron chi connectivity index (χ0n) is 7.16. The largest absolute Gasteiger partial charge is 0.522 e. The highest BCUT2D eigenvalue weighted by Crippen LogP contribution is 2.15. The number of rotatable bonds is 4. The van der Waals surface area contributed by atoms with Crippen LogP contribution in [0.15, 0.2) is 12.4 Å². The van der Waals surface area contributed by atoms with Crippen molar-refractivity contribution in [2.75, 3.05) is 6.61 Å². The summed E-state index contributed by atoms with van der Waals surface area (Å²) in [6.45, 7) is -0.790. The average molecular weight is 210 g/mol. The van der Waals surface area contributed by atoms with Crippen molar-refractivity contribution in [3.63, 3.8) is 0 Å². The van der Waals surface area contributed by atoms with Gasteiger partial charge in [0.2, 0.25) is 0 Å². The molecule has 0 fully saturated rings. The van der Waals surface area contributed by atoms with Gasteiger partial charge < -0.3 is 9.67 Å². The lowest BCUT2D eigenvalue weighted by Crippen LogP contribution is -2.18. The van der Waals surface area contributed by atoms with Crippen LogP contribution in [0.4, 0.5) is 13.2 Å². The molecule has 1 rings (SSSR count). The van der Waals surface area contributed by atoms with E-state index in [9.17, 15) is 13.2 Å². The Balaban J connectivity index is 2.38. The van der Waals surface area contributed by atoms with Crippen molar-refractivity contribution in [2.45, 2.75) is 19.5 Å². The summed E-state index contributed by atoms with van der Waals surface area (Å²) in [6.07, 6.45) is -1.73. The topological polar surface area (TPSA) is 47.3 Å². The summed E-state index contributed by atoms with van der Waals surface area (Å²) in [6, 6.07) is 0. The van der Waals surface area contributed by atoms with Crippen molar-refractivity contribution < 1.29 is 23.0 Å². The number of ether oxygens (including phenoxy) is 1. The van der Waals surface area contributed by atoms with Crippen LogP contribution in [0.3, 0.4) is 0 Å². The minimum atomic E-state index is -4.61. The number of hydrogen-bond acceptors (Lipinski definition) is 3. The fourth-order valence-electron chi connectivity index (χ4n) is 0.955. The Bertz CT molecular complexity index is 285. The van der Waals surface area contributed by atoms with Gasteiger partial charge in [0, 0.05) is 18.9 Å². The van der Waals surface area contributed by atoms with Crippen LogP contribution in [0.1, 0.15) is 5.82 Å². The SMILES string of the molecule is OCc1nccn1CCOC(F)(F)F. The summed E-state index contributed by atoms with van der Waals surface area (Å²) in [5, 5.41) is 8.72. The van der Waals surface area contributed by atoms with Gasteiger partial charge in [-0.1, -0.05) is 0 Å². The van der Waals surface area contributed by atoms with E-state index in [1.54, 1.807) is 0 Å². The van der Waals surface area contributed by atoms with E-state index in [4.69, 9.17) is 5.11 Å². The van der Waals surface area contributed by atoms with E-state index < -0.39 is 13.0 Å². The molecule has 1 N–H and O–H groups in total. The summed E-state index contributed by atoms with van der Waals surface area (Å²) in [5.41, 5.74) is 0. The fraction of sp³-hybridized carbons (Fsp3) is 0.571. The second-order valence-electron chi connectivity index (χ2n) is 2.49. The van der Waals surface area contributed by atoms with Crippen molar-refractivity contribution >= 4 is 0 Å². The van der Waals surface area contributed by atoms with E-state index in [1.165, 1.54) is 17.0 Å². The van der Waals surface area contributed by atoms with Crippen LogP contribution in [0.2, 0.25) is 0 Å². The quantitative estimate of drug-likeness (QED) is 0.803. The van der Waals surface area contributed by atoms with Crippen molar-refractivity contribution in [3.8, 4) is 0 Å². The molecule has 14 heavy (non-hydrogen) atoms. The first-order chi connectivity index (χ1) is 6.53. The van der Waals surface area contributed by atoms with Gasteiger partial charge in [-0.2, -0.15) is 0 Å². The molecule has 0 saturated carbocycles. The Hall–Kier alpha value is -1.08. The van der Waals surface area contributed by atoms with Crippen LogP contribution in [-0.2, 0) is 17.9 Å². The molecular weight excluding hydrogens is 201 g/mol. The summed E-state index contributed by atoms with van der Waals surface area (Å²) < 4.78 is 39.7. The Morgan fingerprint density at radius 2 is 2.21 bits per heavy atom. The van der Waals surface area contributed by atoms with Gasteiger partial charge >= 0.3 is 6.36 Å². The second-order valence-corrected chi connectivity index (χ2v) is 2.49. The number of hydrogen-bond donors (Lipinski definition) is 1. The third kappa shape index (κ3) is 3.35. The van der Waals surface area contributed by atoms with Gasteiger partial charge in [-0.05, 0) is 0 Å². The second kappa shape index (κ2) is 4.43. The molecule has 0 aliphatic heterocycles. The molecule has 0 aliphatic carbocycles. The van der Waals surface area contributed by atoms with E-state index in [0.29, 0.717) is 5.82 Å². The predicted molar refractivity (Wildman–Crippen MR) is 40.2 cm³/mol. The molecule has 1 aromatic rings. The zero-order chi connectivity index (χ0) is 10.6. The van der Waals surface area contributed by atoms with Crippen molar-refractivity contribution in [2.24, 2.45) is 0 Å². The minimum Gasteiger partial charge on any atom is -0.388 e. The molecule has 0 amide bonds. The lowest BCUT2D eigenvalue weighted by Gasteiger charge is -2.08. The number of aromatic nitrogens is 2. The normalized spacial score (nSPS) is 12.0. The van der Waals surface area contributed by atoms with Crippen LogP contribution in [0.25, 0.3) is 0 Å². The van der Waals surface area contributed by atoms with Gasteiger partial charge in [-0.3, -0.25) is 4.74 Å². The smallest absolute Gasteiger partial charge is 0.388 e. The molecule has 0 radical (unpaired) electrons. The highest BCUT2D eigenvalue weighted by Gasteiger charge is 2.28. The van der Waals surface area contributed by atoms with Crippen molar-refractivity contribution in [1.29, 1.82) is 0 Å². The number of halogens is 3. The highest BCUT2D eigenvalue weighted by atomic mass is 19.4. The monoisotopic (exact) mass is 210 g/mol. The summed E-state index contributed by atoms with van der Waals surface area (Å²) >= 11 is 0. The number of aliphatic hydroxyl groups excluding tert-OH is 1. The molecule has 0 bridgehead atoms. The predicted octanol–water partition coefficient (Wildman–Crippen LogP) is 0.912. The van der Waals surface area contributed by atoms with Gasteiger partial charge in [0.25, 0.3) is 0 Å². The maximum atomic E-state index is 11.6. The van der Waals surface area contributed by atoms with Crippen molar-refractivity contribution in [1.82, 2.24) is 9.55 Å².